The molecule has 0 unspecified atom stereocenters. The maximum absolute atomic E-state index is 12.6. The minimum atomic E-state index is -0.326. The summed E-state index contributed by atoms with van der Waals surface area (Å²) in [5.74, 6) is -0.470. The molecule has 0 saturated heterocycles. The second-order valence-electron chi connectivity index (χ2n) is 4.27. The Kier molecular flexibility index (Phi) is 5.63. The van der Waals surface area contributed by atoms with Gasteiger partial charge in [-0.05, 0) is 57.7 Å². The predicted octanol–water partition coefficient (Wildman–Crippen LogP) is 1.90. The molecule has 1 aromatic rings. The lowest BCUT2D eigenvalue weighted by atomic mass is 10.2. The van der Waals surface area contributed by atoms with Gasteiger partial charge in [0.25, 0.3) is 5.91 Å². The Hall–Kier alpha value is -1.42. The first-order valence-corrected chi connectivity index (χ1v) is 5.78. The molecule has 0 aliphatic carbocycles. The van der Waals surface area contributed by atoms with Gasteiger partial charge in [-0.2, -0.15) is 0 Å². The van der Waals surface area contributed by atoms with Crippen LogP contribution in [0.15, 0.2) is 24.3 Å². The minimum Gasteiger partial charge on any atom is -0.352 e. The number of hydrogen-bond donors (Lipinski definition) is 1. The average Bonchev–Trinajstić information content (AvgIpc) is 2.29. The Bertz CT molecular complexity index is 349. The maximum Gasteiger partial charge on any atom is 0.251 e. The van der Waals surface area contributed by atoms with Crippen LogP contribution in [-0.4, -0.2) is 38.0 Å². The second-order valence-corrected chi connectivity index (χ2v) is 4.27. The van der Waals surface area contributed by atoms with Crippen molar-refractivity contribution >= 4 is 5.91 Å². The van der Waals surface area contributed by atoms with Gasteiger partial charge in [0.15, 0.2) is 0 Å². The molecule has 4 heteroatoms. The lowest BCUT2D eigenvalue weighted by Gasteiger charge is -2.09. The molecule has 3 nitrogen and oxygen atoms in total. The first kappa shape index (κ1) is 13.6. The third-order valence-electron chi connectivity index (χ3n) is 2.42. The summed E-state index contributed by atoms with van der Waals surface area (Å²) in [4.78, 5) is 13.7. The van der Waals surface area contributed by atoms with E-state index in [4.69, 9.17) is 0 Å². The molecular formula is C13H19FN2O. The molecule has 0 saturated carbocycles. The smallest absolute Gasteiger partial charge is 0.251 e. The van der Waals surface area contributed by atoms with E-state index in [0.29, 0.717) is 12.1 Å². The summed E-state index contributed by atoms with van der Waals surface area (Å²) in [5, 5.41) is 2.81. The number of hydrogen-bond acceptors (Lipinski definition) is 2. The van der Waals surface area contributed by atoms with Crippen LogP contribution in [0.2, 0.25) is 0 Å². The van der Waals surface area contributed by atoms with E-state index in [0.717, 1.165) is 19.4 Å². The molecule has 0 aliphatic heterocycles. The molecule has 0 aromatic heterocycles. The monoisotopic (exact) mass is 238 g/mol. The number of halogens is 1. The first-order valence-electron chi connectivity index (χ1n) is 5.78. The molecule has 17 heavy (non-hydrogen) atoms. The van der Waals surface area contributed by atoms with E-state index in [-0.39, 0.29) is 11.7 Å². The zero-order valence-electron chi connectivity index (χ0n) is 10.4. The van der Waals surface area contributed by atoms with E-state index in [1.807, 2.05) is 14.1 Å². The summed E-state index contributed by atoms with van der Waals surface area (Å²) in [6.45, 7) is 1.68. The van der Waals surface area contributed by atoms with Gasteiger partial charge in [-0.25, -0.2) is 4.39 Å². The highest BCUT2D eigenvalue weighted by Gasteiger charge is 2.04. The summed E-state index contributed by atoms with van der Waals surface area (Å²) >= 11 is 0. The quantitative estimate of drug-likeness (QED) is 0.768. The number of benzene rings is 1. The van der Waals surface area contributed by atoms with Gasteiger partial charge in [-0.1, -0.05) is 0 Å². The van der Waals surface area contributed by atoms with Crippen LogP contribution in [0.25, 0.3) is 0 Å². The number of carbonyl (C=O) groups is 1. The van der Waals surface area contributed by atoms with Crippen molar-refractivity contribution < 1.29 is 9.18 Å². The van der Waals surface area contributed by atoms with Gasteiger partial charge >= 0.3 is 0 Å². The number of nitrogens with one attached hydrogen (secondary N) is 1. The largest absolute Gasteiger partial charge is 0.352 e. The summed E-state index contributed by atoms with van der Waals surface area (Å²) in [5.41, 5.74) is 0.499. The topological polar surface area (TPSA) is 32.3 Å². The highest BCUT2D eigenvalue weighted by atomic mass is 19.1. The van der Waals surface area contributed by atoms with Crippen molar-refractivity contribution in [1.29, 1.82) is 0 Å². The number of amides is 1. The highest BCUT2D eigenvalue weighted by Crippen LogP contribution is 2.02. The third kappa shape index (κ3) is 5.45. The summed E-state index contributed by atoms with van der Waals surface area (Å²) in [6.07, 6.45) is 2.00. The highest BCUT2D eigenvalue weighted by molar-refractivity contribution is 5.94. The molecule has 1 rings (SSSR count). The zero-order valence-corrected chi connectivity index (χ0v) is 10.4. The van der Waals surface area contributed by atoms with Crippen molar-refractivity contribution in [2.75, 3.05) is 27.2 Å². The molecule has 0 fully saturated rings. The lowest BCUT2D eigenvalue weighted by Crippen LogP contribution is -2.25. The molecule has 0 aliphatic rings. The van der Waals surface area contributed by atoms with E-state index in [1.54, 1.807) is 0 Å². The molecule has 0 atom stereocenters. The van der Waals surface area contributed by atoms with Gasteiger partial charge < -0.3 is 10.2 Å². The van der Waals surface area contributed by atoms with E-state index in [1.165, 1.54) is 24.3 Å². The fourth-order valence-corrected chi connectivity index (χ4v) is 1.46. The van der Waals surface area contributed by atoms with E-state index in [2.05, 4.69) is 10.2 Å². The van der Waals surface area contributed by atoms with Gasteiger partial charge in [0.2, 0.25) is 0 Å². The van der Waals surface area contributed by atoms with Crippen molar-refractivity contribution in [2.24, 2.45) is 0 Å². The standard InChI is InChI=1S/C13H19FN2O/c1-16(2)10-4-3-9-15-13(17)11-5-7-12(14)8-6-11/h5-8H,3-4,9-10H2,1-2H3,(H,15,17). The Morgan fingerprint density at radius 3 is 2.47 bits per heavy atom. The van der Waals surface area contributed by atoms with E-state index in [9.17, 15) is 9.18 Å². The van der Waals surface area contributed by atoms with Crippen molar-refractivity contribution in [2.45, 2.75) is 12.8 Å². The van der Waals surface area contributed by atoms with Crippen molar-refractivity contribution in [3.05, 3.63) is 35.6 Å². The van der Waals surface area contributed by atoms with E-state index >= 15 is 0 Å². The van der Waals surface area contributed by atoms with Gasteiger partial charge in [0, 0.05) is 12.1 Å². The molecule has 0 bridgehead atoms. The fraction of sp³-hybridized carbons (Fsp3) is 0.462. The van der Waals surface area contributed by atoms with Crippen LogP contribution in [0.4, 0.5) is 4.39 Å². The molecule has 94 valence electrons. The normalized spacial score (nSPS) is 10.6. The third-order valence-corrected chi connectivity index (χ3v) is 2.42. The number of nitrogens with zero attached hydrogens (tertiary/aromatic N) is 1. The van der Waals surface area contributed by atoms with E-state index < -0.39 is 0 Å². The molecule has 0 spiro atoms. The SMILES string of the molecule is CN(C)CCCCNC(=O)c1ccc(F)cc1. The maximum atomic E-state index is 12.6. The van der Waals surface area contributed by atoms with Crippen LogP contribution in [0, 0.1) is 5.82 Å². The zero-order chi connectivity index (χ0) is 12.7. The van der Waals surface area contributed by atoms with Crippen molar-refractivity contribution in [3.63, 3.8) is 0 Å². The molecule has 0 heterocycles. The number of rotatable bonds is 6. The second kappa shape index (κ2) is 7.01. The number of unbranched alkanes of at least 4 members (excludes halogenated alkanes) is 1. The average molecular weight is 238 g/mol. The van der Waals surface area contributed by atoms with Gasteiger partial charge in [-0.3, -0.25) is 4.79 Å². The molecular weight excluding hydrogens is 219 g/mol. The van der Waals surface area contributed by atoms with Crippen LogP contribution < -0.4 is 5.32 Å². The van der Waals surface area contributed by atoms with Gasteiger partial charge in [-0.15, -0.1) is 0 Å². The van der Waals surface area contributed by atoms with Gasteiger partial charge in [0.05, 0.1) is 0 Å². The number of carbonyl (C=O) groups excluding carboxylic acids is 1. The molecule has 1 N–H and O–H groups in total. The van der Waals surface area contributed by atoms with Crippen LogP contribution in [0.5, 0.6) is 0 Å². The van der Waals surface area contributed by atoms with Gasteiger partial charge in [0.1, 0.15) is 5.82 Å². The Balaban J connectivity index is 2.23. The Labute approximate surface area is 102 Å². The lowest BCUT2D eigenvalue weighted by molar-refractivity contribution is 0.0952. The van der Waals surface area contributed by atoms with Crippen LogP contribution in [0.3, 0.4) is 0 Å². The predicted molar refractivity (Wildman–Crippen MR) is 66.5 cm³/mol. The van der Waals surface area contributed by atoms with Crippen molar-refractivity contribution in [1.82, 2.24) is 10.2 Å². The molecule has 1 aromatic carbocycles. The first-order chi connectivity index (χ1) is 8.09. The summed E-state index contributed by atoms with van der Waals surface area (Å²) in [7, 11) is 4.05. The van der Waals surface area contributed by atoms with Crippen molar-refractivity contribution in [3.8, 4) is 0 Å². The van der Waals surface area contributed by atoms with Crippen LogP contribution in [-0.2, 0) is 0 Å². The Morgan fingerprint density at radius 2 is 1.88 bits per heavy atom. The molecule has 1 amide bonds. The summed E-state index contributed by atoms with van der Waals surface area (Å²) < 4.78 is 12.6. The van der Waals surface area contributed by atoms with Crippen LogP contribution in [0.1, 0.15) is 23.2 Å². The minimum absolute atomic E-state index is 0.144. The Morgan fingerprint density at radius 1 is 1.24 bits per heavy atom. The fourth-order valence-electron chi connectivity index (χ4n) is 1.46. The summed E-state index contributed by atoms with van der Waals surface area (Å²) in [6, 6.07) is 5.57. The molecule has 0 radical (unpaired) electrons. The van der Waals surface area contributed by atoms with Crippen LogP contribution >= 0.6 is 0 Å².